The van der Waals surface area contributed by atoms with Crippen molar-refractivity contribution in [2.75, 3.05) is 0 Å². The van der Waals surface area contributed by atoms with Crippen LogP contribution in [-0.4, -0.2) is 20.4 Å². The molecule has 1 unspecified atom stereocenters. The molecule has 0 aliphatic heterocycles. The number of hydrogen-bond donors (Lipinski definition) is 1. The minimum Gasteiger partial charge on any atom is -0.350 e. The number of para-hydroxylation sites is 2. The Hall–Kier alpha value is -3.54. The second-order valence-electron chi connectivity index (χ2n) is 7.54. The zero-order chi connectivity index (χ0) is 21.6. The maximum absolute atomic E-state index is 14.4. The molecule has 0 saturated carbocycles. The van der Waals surface area contributed by atoms with Crippen LogP contribution in [0.5, 0.6) is 0 Å². The molecule has 5 nitrogen and oxygen atoms in total. The number of imidazole rings is 1. The third-order valence-corrected chi connectivity index (χ3v) is 5.34. The molecule has 2 heterocycles. The SMILES string of the molecule is CCCC(C(=O)NCc1cccnc1)n1c(Cc2ccccc2F)nc2ccccc21. The van der Waals surface area contributed by atoms with Crippen molar-refractivity contribution in [2.45, 2.75) is 38.8 Å². The lowest BCUT2D eigenvalue weighted by molar-refractivity contribution is -0.124. The minimum atomic E-state index is -0.434. The number of nitrogens with zero attached hydrogens (tertiary/aromatic N) is 3. The molecule has 2 aromatic heterocycles. The summed E-state index contributed by atoms with van der Waals surface area (Å²) in [6, 6.07) is 17.8. The van der Waals surface area contributed by atoms with Gasteiger partial charge in [-0.15, -0.1) is 0 Å². The number of fused-ring (bicyclic) bond motifs is 1. The van der Waals surface area contributed by atoms with Crippen molar-refractivity contribution in [3.8, 4) is 0 Å². The Morgan fingerprint density at radius 1 is 1.10 bits per heavy atom. The van der Waals surface area contributed by atoms with E-state index in [1.165, 1.54) is 6.07 Å². The Morgan fingerprint density at radius 2 is 1.90 bits per heavy atom. The molecule has 0 aliphatic carbocycles. The fraction of sp³-hybridized carbons (Fsp3) is 0.240. The third-order valence-electron chi connectivity index (χ3n) is 5.34. The zero-order valence-electron chi connectivity index (χ0n) is 17.5. The molecule has 1 amide bonds. The minimum absolute atomic E-state index is 0.0800. The highest BCUT2D eigenvalue weighted by atomic mass is 19.1. The van der Waals surface area contributed by atoms with Gasteiger partial charge in [-0.3, -0.25) is 9.78 Å². The Labute approximate surface area is 181 Å². The molecular weight excluding hydrogens is 391 g/mol. The van der Waals surface area contributed by atoms with E-state index in [9.17, 15) is 9.18 Å². The van der Waals surface area contributed by atoms with Gasteiger partial charge in [0.2, 0.25) is 5.91 Å². The van der Waals surface area contributed by atoms with E-state index in [2.05, 4.69) is 17.2 Å². The number of amides is 1. The van der Waals surface area contributed by atoms with E-state index in [1.807, 2.05) is 47.0 Å². The van der Waals surface area contributed by atoms with Crippen molar-refractivity contribution >= 4 is 16.9 Å². The van der Waals surface area contributed by atoms with Gasteiger partial charge in [0.15, 0.2) is 0 Å². The number of benzene rings is 2. The van der Waals surface area contributed by atoms with E-state index in [4.69, 9.17) is 4.98 Å². The van der Waals surface area contributed by atoms with Gasteiger partial charge < -0.3 is 9.88 Å². The molecule has 4 aromatic rings. The first-order chi connectivity index (χ1) is 15.2. The van der Waals surface area contributed by atoms with Crippen LogP contribution in [0.1, 0.15) is 42.8 Å². The summed E-state index contributed by atoms with van der Waals surface area (Å²) in [5, 5.41) is 3.04. The summed E-state index contributed by atoms with van der Waals surface area (Å²) >= 11 is 0. The van der Waals surface area contributed by atoms with Crippen LogP contribution in [0.25, 0.3) is 11.0 Å². The fourth-order valence-electron chi connectivity index (χ4n) is 3.84. The molecule has 0 saturated heterocycles. The average Bonchev–Trinajstić information content (AvgIpc) is 3.15. The second kappa shape index (κ2) is 9.51. The molecule has 2 aromatic carbocycles. The quantitative estimate of drug-likeness (QED) is 0.448. The van der Waals surface area contributed by atoms with Crippen molar-refractivity contribution in [3.63, 3.8) is 0 Å². The van der Waals surface area contributed by atoms with E-state index in [-0.39, 0.29) is 11.7 Å². The predicted octanol–water partition coefficient (Wildman–Crippen LogP) is 4.82. The van der Waals surface area contributed by atoms with Crippen molar-refractivity contribution < 1.29 is 9.18 Å². The maximum Gasteiger partial charge on any atom is 0.243 e. The molecule has 1 atom stereocenters. The topological polar surface area (TPSA) is 59.8 Å². The van der Waals surface area contributed by atoms with E-state index in [0.29, 0.717) is 30.8 Å². The van der Waals surface area contributed by atoms with Gasteiger partial charge in [-0.05, 0) is 41.8 Å². The highest BCUT2D eigenvalue weighted by Crippen LogP contribution is 2.27. The normalized spacial score (nSPS) is 12.1. The summed E-state index contributed by atoms with van der Waals surface area (Å²) in [4.78, 5) is 22.1. The van der Waals surface area contributed by atoms with Crippen LogP contribution in [-0.2, 0) is 17.8 Å². The molecule has 0 fully saturated rings. The predicted molar refractivity (Wildman–Crippen MR) is 119 cm³/mol. The smallest absolute Gasteiger partial charge is 0.243 e. The van der Waals surface area contributed by atoms with Crippen LogP contribution in [0.4, 0.5) is 4.39 Å². The highest BCUT2D eigenvalue weighted by molar-refractivity contribution is 5.84. The van der Waals surface area contributed by atoms with Crippen molar-refractivity contribution in [1.82, 2.24) is 19.9 Å². The first-order valence-corrected chi connectivity index (χ1v) is 10.5. The van der Waals surface area contributed by atoms with Gasteiger partial charge in [0.25, 0.3) is 0 Å². The molecule has 6 heteroatoms. The zero-order valence-corrected chi connectivity index (χ0v) is 17.5. The number of aromatic nitrogens is 3. The number of rotatable bonds is 8. The Kier molecular flexibility index (Phi) is 6.36. The first-order valence-electron chi connectivity index (χ1n) is 10.5. The van der Waals surface area contributed by atoms with Crippen LogP contribution in [0.2, 0.25) is 0 Å². The molecule has 4 rings (SSSR count). The monoisotopic (exact) mass is 416 g/mol. The van der Waals surface area contributed by atoms with Crippen LogP contribution in [0, 0.1) is 5.82 Å². The summed E-state index contributed by atoms with van der Waals surface area (Å²) in [7, 11) is 0. The Bertz CT molecular complexity index is 1170. The van der Waals surface area contributed by atoms with Gasteiger partial charge in [-0.2, -0.15) is 0 Å². The molecule has 0 radical (unpaired) electrons. The highest BCUT2D eigenvalue weighted by Gasteiger charge is 2.25. The van der Waals surface area contributed by atoms with Crippen molar-refractivity contribution in [2.24, 2.45) is 0 Å². The molecular formula is C25H25FN4O. The molecule has 158 valence electrons. The summed E-state index contributed by atoms with van der Waals surface area (Å²) in [5.41, 5.74) is 3.18. The van der Waals surface area contributed by atoms with E-state index < -0.39 is 6.04 Å². The lowest BCUT2D eigenvalue weighted by Gasteiger charge is -2.21. The van der Waals surface area contributed by atoms with E-state index in [1.54, 1.807) is 24.5 Å². The molecule has 0 bridgehead atoms. The van der Waals surface area contributed by atoms with Gasteiger partial charge in [0, 0.05) is 25.4 Å². The number of nitrogens with one attached hydrogen (secondary N) is 1. The molecule has 0 spiro atoms. The van der Waals surface area contributed by atoms with Gasteiger partial charge >= 0.3 is 0 Å². The van der Waals surface area contributed by atoms with Gasteiger partial charge in [0.1, 0.15) is 17.7 Å². The number of halogens is 1. The number of hydrogen-bond acceptors (Lipinski definition) is 3. The van der Waals surface area contributed by atoms with Gasteiger partial charge in [0.05, 0.1) is 11.0 Å². The third kappa shape index (κ3) is 4.63. The molecule has 0 aliphatic rings. The van der Waals surface area contributed by atoms with Crippen molar-refractivity contribution in [1.29, 1.82) is 0 Å². The first kappa shape index (κ1) is 20.7. The summed E-state index contributed by atoms with van der Waals surface area (Å²) < 4.78 is 16.3. The molecule has 1 N–H and O–H groups in total. The fourth-order valence-corrected chi connectivity index (χ4v) is 3.84. The standard InChI is InChI=1S/C25H25FN4O/c1-2-8-23(25(31)28-17-18-9-7-14-27-16-18)30-22-13-6-5-12-21(22)29-24(30)15-19-10-3-4-11-20(19)26/h3-7,9-14,16,23H,2,8,15,17H2,1H3,(H,28,31). The Balaban J connectivity index is 1.70. The van der Waals surface area contributed by atoms with Crippen LogP contribution in [0.15, 0.2) is 73.1 Å². The van der Waals surface area contributed by atoms with E-state index >= 15 is 0 Å². The van der Waals surface area contributed by atoms with Crippen LogP contribution >= 0.6 is 0 Å². The largest absolute Gasteiger partial charge is 0.350 e. The van der Waals surface area contributed by atoms with Crippen LogP contribution in [0.3, 0.4) is 0 Å². The lowest BCUT2D eigenvalue weighted by Crippen LogP contribution is -2.33. The number of pyridine rings is 1. The van der Waals surface area contributed by atoms with Crippen molar-refractivity contribution in [3.05, 3.63) is 95.8 Å². The Morgan fingerprint density at radius 3 is 2.68 bits per heavy atom. The maximum atomic E-state index is 14.4. The van der Waals surface area contributed by atoms with Crippen LogP contribution < -0.4 is 5.32 Å². The van der Waals surface area contributed by atoms with E-state index in [0.717, 1.165) is 23.0 Å². The lowest BCUT2D eigenvalue weighted by atomic mass is 10.1. The van der Waals surface area contributed by atoms with Gasteiger partial charge in [-0.1, -0.05) is 49.7 Å². The molecule has 31 heavy (non-hydrogen) atoms. The summed E-state index contributed by atoms with van der Waals surface area (Å²) in [6.45, 7) is 2.46. The average molecular weight is 417 g/mol. The van der Waals surface area contributed by atoms with Gasteiger partial charge in [-0.25, -0.2) is 9.37 Å². The number of carbonyl (C=O) groups is 1. The summed E-state index contributed by atoms with van der Waals surface area (Å²) in [6.07, 6.45) is 5.25. The number of carbonyl (C=O) groups excluding carboxylic acids is 1. The second-order valence-corrected chi connectivity index (χ2v) is 7.54. The summed E-state index contributed by atoms with van der Waals surface area (Å²) in [5.74, 6) is 0.332.